The molecule has 0 bridgehead atoms. The first-order valence-electron chi connectivity index (χ1n) is 3.94. The second-order valence-corrected chi connectivity index (χ2v) is 3.29. The summed E-state index contributed by atoms with van der Waals surface area (Å²) in [6.45, 7) is 9.36. The van der Waals surface area contributed by atoms with Crippen LogP contribution in [0.1, 0.15) is 19.8 Å². The van der Waals surface area contributed by atoms with Gasteiger partial charge in [-0.1, -0.05) is 12.2 Å². The van der Waals surface area contributed by atoms with Crippen LogP contribution in [0.5, 0.6) is 0 Å². The van der Waals surface area contributed by atoms with E-state index in [1.807, 2.05) is 13.0 Å². The van der Waals surface area contributed by atoms with Gasteiger partial charge in [-0.2, -0.15) is 0 Å². The summed E-state index contributed by atoms with van der Waals surface area (Å²) < 4.78 is 0. The molecular formula is C10H14O. The van der Waals surface area contributed by atoms with Crippen LogP contribution in [0.25, 0.3) is 0 Å². The normalized spacial score (nSPS) is 37.2. The molecule has 11 heavy (non-hydrogen) atoms. The van der Waals surface area contributed by atoms with E-state index >= 15 is 0 Å². The standard InChI is InChI=1S/C10H14O/c1-4-8-6-7-9(11)10(8,3)5-2/h4-5,8H,1-2,6-7H2,3H3/t8-,10-/m1/s1. The van der Waals surface area contributed by atoms with Crippen molar-refractivity contribution in [2.75, 3.05) is 0 Å². The van der Waals surface area contributed by atoms with Gasteiger partial charge in [0.25, 0.3) is 0 Å². The molecule has 0 spiro atoms. The Labute approximate surface area is 67.8 Å². The molecule has 0 unspecified atom stereocenters. The number of Topliss-reactive ketones (excluding diaryl/α,β-unsaturated/α-hetero) is 1. The lowest BCUT2D eigenvalue weighted by atomic mass is 9.79. The van der Waals surface area contributed by atoms with Crippen molar-refractivity contribution in [3.05, 3.63) is 25.3 Å². The smallest absolute Gasteiger partial charge is 0.143 e. The predicted octanol–water partition coefficient (Wildman–Crippen LogP) is 2.34. The van der Waals surface area contributed by atoms with E-state index in [0.29, 0.717) is 18.1 Å². The van der Waals surface area contributed by atoms with Gasteiger partial charge in [-0.3, -0.25) is 4.79 Å². The van der Waals surface area contributed by atoms with Crippen LogP contribution in [0, 0.1) is 11.3 Å². The highest BCUT2D eigenvalue weighted by molar-refractivity contribution is 5.89. The number of carbonyl (C=O) groups is 1. The summed E-state index contributed by atoms with van der Waals surface area (Å²) in [6, 6.07) is 0. The third-order valence-corrected chi connectivity index (χ3v) is 2.76. The van der Waals surface area contributed by atoms with Crippen LogP contribution in [0.3, 0.4) is 0 Å². The molecule has 1 rings (SSSR count). The van der Waals surface area contributed by atoms with E-state index in [2.05, 4.69) is 13.2 Å². The van der Waals surface area contributed by atoms with Gasteiger partial charge >= 0.3 is 0 Å². The van der Waals surface area contributed by atoms with Crippen molar-refractivity contribution in [3.8, 4) is 0 Å². The molecule has 0 aromatic carbocycles. The molecular weight excluding hydrogens is 136 g/mol. The van der Waals surface area contributed by atoms with Crippen molar-refractivity contribution in [3.63, 3.8) is 0 Å². The Balaban J connectivity index is 2.95. The lowest BCUT2D eigenvalue weighted by Gasteiger charge is -2.22. The van der Waals surface area contributed by atoms with Crippen LogP contribution in [0.2, 0.25) is 0 Å². The van der Waals surface area contributed by atoms with E-state index in [0.717, 1.165) is 6.42 Å². The minimum atomic E-state index is -0.332. The van der Waals surface area contributed by atoms with Gasteiger partial charge in [-0.15, -0.1) is 13.2 Å². The van der Waals surface area contributed by atoms with Gasteiger partial charge in [0.1, 0.15) is 5.78 Å². The van der Waals surface area contributed by atoms with Gasteiger partial charge in [0, 0.05) is 6.42 Å². The van der Waals surface area contributed by atoms with E-state index in [-0.39, 0.29) is 5.41 Å². The Hall–Kier alpha value is -0.850. The topological polar surface area (TPSA) is 17.1 Å². The Morgan fingerprint density at radius 1 is 1.64 bits per heavy atom. The van der Waals surface area contributed by atoms with Crippen LogP contribution in [-0.4, -0.2) is 5.78 Å². The largest absolute Gasteiger partial charge is 0.299 e. The summed E-state index contributed by atoms with van der Waals surface area (Å²) in [5.74, 6) is 0.602. The van der Waals surface area contributed by atoms with E-state index in [1.54, 1.807) is 6.08 Å². The Morgan fingerprint density at radius 2 is 2.27 bits per heavy atom. The molecule has 1 saturated carbocycles. The molecule has 0 aromatic rings. The summed E-state index contributed by atoms with van der Waals surface area (Å²) in [6.07, 6.45) is 5.24. The van der Waals surface area contributed by atoms with Crippen molar-refractivity contribution in [1.29, 1.82) is 0 Å². The van der Waals surface area contributed by atoms with Crippen LogP contribution in [0.4, 0.5) is 0 Å². The molecule has 60 valence electrons. The average molecular weight is 150 g/mol. The molecule has 0 aromatic heterocycles. The third-order valence-electron chi connectivity index (χ3n) is 2.76. The zero-order valence-corrected chi connectivity index (χ0v) is 6.97. The number of ketones is 1. The molecule has 0 aliphatic heterocycles. The Bertz CT molecular complexity index is 205. The molecule has 1 aliphatic rings. The fourth-order valence-corrected chi connectivity index (χ4v) is 1.69. The summed E-state index contributed by atoms with van der Waals surface area (Å²) in [7, 11) is 0. The van der Waals surface area contributed by atoms with Crippen molar-refractivity contribution < 1.29 is 4.79 Å². The maximum atomic E-state index is 11.4. The lowest BCUT2D eigenvalue weighted by molar-refractivity contribution is -0.123. The van der Waals surface area contributed by atoms with Gasteiger partial charge in [-0.25, -0.2) is 0 Å². The van der Waals surface area contributed by atoms with E-state index in [9.17, 15) is 4.79 Å². The number of allylic oxidation sites excluding steroid dienone is 2. The molecule has 1 nitrogen and oxygen atoms in total. The third kappa shape index (κ3) is 1.05. The Morgan fingerprint density at radius 3 is 2.64 bits per heavy atom. The maximum absolute atomic E-state index is 11.4. The van der Waals surface area contributed by atoms with Crippen LogP contribution in [0.15, 0.2) is 25.3 Å². The predicted molar refractivity (Wildman–Crippen MR) is 46.2 cm³/mol. The first-order chi connectivity index (χ1) is 5.15. The first kappa shape index (κ1) is 8.25. The number of hydrogen-bond donors (Lipinski definition) is 0. The van der Waals surface area contributed by atoms with Crippen molar-refractivity contribution >= 4 is 5.78 Å². The lowest BCUT2D eigenvalue weighted by Crippen LogP contribution is -2.24. The van der Waals surface area contributed by atoms with Crippen molar-refractivity contribution in [2.45, 2.75) is 19.8 Å². The van der Waals surface area contributed by atoms with E-state index in [4.69, 9.17) is 0 Å². The molecule has 0 heterocycles. The van der Waals surface area contributed by atoms with Crippen LogP contribution in [-0.2, 0) is 4.79 Å². The van der Waals surface area contributed by atoms with Crippen molar-refractivity contribution in [1.82, 2.24) is 0 Å². The molecule has 1 aliphatic carbocycles. The summed E-state index contributed by atoms with van der Waals surface area (Å²) in [4.78, 5) is 11.4. The van der Waals surface area contributed by atoms with Gasteiger partial charge in [0.05, 0.1) is 5.41 Å². The number of hydrogen-bond acceptors (Lipinski definition) is 1. The average Bonchev–Trinajstić information content (AvgIpc) is 2.30. The summed E-state index contributed by atoms with van der Waals surface area (Å²) in [5.41, 5.74) is -0.332. The fraction of sp³-hybridized carbons (Fsp3) is 0.500. The van der Waals surface area contributed by atoms with Crippen LogP contribution >= 0.6 is 0 Å². The molecule has 1 heteroatoms. The quantitative estimate of drug-likeness (QED) is 0.552. The molecule has 0 radical (unpaired) electrons. The number of rotatable bonds is 2. The highest BCUT2D eigenvalue weighted by atomic mass is 16.1. The monoisotopic (exact) mass is 150 g/mol. The van der Waals surface area contributed by atoms with Crippen molar-refractivity contribution in [2.24, 2.45) is 11.3 Å². The first-order valence-corrected chi connectivity index (χ1v) is 3.94. The Kier molecular flexibility index (Phi) is 1.99. The molecule has 0 N–H and O–H groups in total. The SMILES string of the molecule is C=C[C@@H]1CCC(=O)[C@]1(C)C=C. The summed E-state index contributed by atoms with van der Waals surface area (Å²) >= 11 is 0. The summed E-state index contributed by atoms with van der Waals surface area (Å²) in [5, 5.41) is 0. The number of carbonyl (C=O) groups excluding carboxylic acids is 1. The molecule has 0 amide bonds. The van der Waals surface area contributed by atoms with E-state index < -0.39 is 0 Å². The molecule has 1 fully saturated rings. The maximum Gasteiger partial charge on any atom is 0.143 e. The second-order valence-electron chi connectivity index (χ2n) is 3.29. The highest BCUT2D eigenvalue weighted by Gasteiger charge is 2.41. The zero-order valence-electron chi connectivity index (χ0n) is 6.97. The highest BCUT2D eigenvalue weighted by Crippen LogP contribution is 2.41. The molecule has 2 atom stereocenters. The minimum Gasteiger partial charge on any atom is -0.299 e. The zero-order chi connectivity index (χ0) is 8.48. The van der Waals surface area contributed by atoms with Gasteiger partial charge in [0.15, 0.2) is 0 Å². The van der Waals surface area contributed by atoms with Gasteiger partial charge in [0.2, 0.25) is 0 Å². The molecule has 0 saturated heterocycles. The van der Waals surface area contributed by atoms with E-state index in [1.165, 1.54) is 0 Å². The van der Waals surface area contributed by atoms with Gasteiger partial charge < -0.3 is 0 Å². The second kappa shape index (κ2) is 2.65. The minimum absolute atomic E-state index is 0.299. The van der Waals surface area contributed by atoms with Gasteiger partial charge in [-0.05, 0) is 19.3 Å². The van der Waals surface area contributed by atoms with Crippen LogP contribution < -0.4 is 0 Å². The fourth-order valence-electron chi connectivity index (χ4n) is 1.69.